The standard InChI is InChI=1S/C19H30FN5O2/c1-10-8-24-17(11(2)25(10)18(26)27-19(3,4)5)15-12(9-23-6)16(22)13(20)7-14(15)21/h7,9-11,17,22-24H,8,21H2,1-6H3/p+1/b12-9-,22-16?/t10-,11+,17?/m1/s1. The molecule has 1 aliphatic carbocycles. The first kappa shape index (κ1) is 21.1. The third kappa shape index (κ3) is 4.39. The average molecular weight is 380 g/mol. The quantitative estimate of drug-likeness (QED) is 0.576. The number of hydrogen-bond donors (Lipinski definition) is 4. The van der Waals surface area contributed by atoms with E-state index in [-0.39, 0.29) is 29.5 Å². The minimum Gasteiger partial charge on any atom is -0.444 e. The first-order valence-corrected chi connectivity index (χ1v) is 9.18. The number of piperazine rings is 1. The number of rotatable bonds is 2. The average Bonchev–Trinajstić information content (AvgIpc) is 2.52. The second-order valence-electron chi connectivity index (χ2n) is 8.01. The van der Waals surface area contributed by atoms with Crippen molar-refractivity contribution in [3.05, 3.63) is 34.9 Å². The van der Waals surface area contributed by atoms with Crippen molar-refractivity contribution in [3.8, 4) is 0 Å². The highest BCUT2D eigenvalue weighted by Crippen LogP contribution is 2.32. The first-order valence-electron chi connectivity index (χ1n) is 9.18. The first-order chi connectivity index (χ1) is 12.5. The molecule has 0 radical (unpaired) electrons. The van der Waals surface area contributed by atoms with Crippen molar-refractivity contribution >= 4 is 11.8 Å². The summed E-state index contributed by atoms with van der Waals surface area (Å²) in [5, 5.41) is 13.2. The van der Waals surface area contributed by atoms with Crippen molar-refractivity contribution in [2.45, 2.75) is 58.3 Å². The van der Waals surface area contributed by atoms with Crippen LogP contribution in [0.4, 0.5) is 9.18 Å². The van der Waals surface area contributed by atoms with Crippen molar-refractivity contribution in [2.75, 3.05) is 13.6 Å². The summed E-state index contributed by atoms with van der Waals surface area (Å²) in [4.78, 5) is 14.5. The lowest BCUT2D eigenvalue weighted by Gasteiger charge is -2.45. The number of carbonyl (C=O) groups is 1. The number of carbonyl (C=O) groups excluding carboxylic acids is 1. The molecule has 0 aromatic heterocycles. The molecule has 1 aliphatic heterocycles. The maximum atomic E-state index is 14.1. The van der Waals surface area contributed by atoms with E-state index in [0.29, 0.717) is 17.7 Å². The van der Waals surface area contributed by atoms with Crippen LogP contribution in [0.3, 0.4) is 0 Å². The second kappa shape index (κ2) is 7.82. The number of nitrogens with zero attached hydrogens (tertiary/aromatic N) is 1. The van der Waals surface area contributed by atoms with Gasteiger partial charge < -0.3 is 21.1 Å². The molecule has 8 heteroatoms. The third-order valence-electron chi connectivity index (χ3n) is 4.67. The Morgan fingerprint density at radius 1 is 1.48 bits per heavy atom. The molecule has 7 nitrogen and oxygen atoms in total. The van der Waals surface area contributed by atoms with Gasteiger partial charge in [0.05, 0.1) is 24.7 Å². The fourth-order valence-corrected chi connectivity index (χ4v) is 3.52. The zero-order valence-corrected chi connectivity index (χ0v) is 16.9. The molecular formula is C19H31FN5O2+. The molecule has 1 heterocycles. The van der Waals surface area contributed by atoms with Crippen LogP contribution in [0.25, 0.3) is 0 Å². The lowest BCUT2D eigenvalue weighted by Crippen LogP contribution is -2.73. The smallest absolute Gasteiger partial charge is 0.410 e. The molecule has 1 fully saturated rings. The van der Waals surface area contributed by atoms with E-state index in [1.807, 2.05) is 34.6 Å². The highest BCUT2D eigenvalue weighted by molar-refractivity contribution is 6.13. The summed E-state index contributed by atoms with van der Waals surface area (Å²) in [6.07, 6.45) is 2.46. The van der Waals surface area contributed by atoms with Crippen molar-refractivity contribution in [3.63, 3.8) is 0 Å². The van der Waals surface area contributed by atoms with Crippen LogP contribution < -0.4 is 16.4 Å². The Kier molecular flexibility index (Phi) is 6.11. The summed E-state index contributed by atoms with van der Waals surface area (Å²) in [6, 6.07) is -0.710. The van der Waals surface area contributed by atoms with Crippen LogP contribution in [0.15, 0.2) is 34.9 Å². The van der Waals surface area contributed by atoms with Gasteiger partial charge in [-0.15, -0.1) is 0 Å². The van der Waals surface area contributed by atoms with Crippen molar-refractivity contribution < 1.29 is 19.2 Å². The molecule has 3 atom stereocenters. The maximum Gasteiger partial charge on any atom is 0.410 e. The largest absolute Gasteiger partial charge is 0.444 e. The predicted molar refractivity (Wildman–Crippen MR) is 103 cm³/mol. The van der Waals surface area contributed by atoms with Crippen molar-refractivity contribution in [2.24, 2.45) is 5.73 Å². The molecule has 0 spiro atoms. The summed E-state index contributed by atoms with van der Waals surface area (Å²) in [5.74, 6) is -0.662. The number of ether oxygens (including phenoxy) is 1. The molecule has 0 bridgehead atoms. The van der Waals surface area contributed by atoms with Gasteiger partial charge in [-0.05, 0) is 40.7 Å². The molecule has 0 aromatic carbocycles. The van der Waals surface area contributed by atoms with Gasteiger partial charge in [-0.25, -0.2) is 9.18 Å². The van der Waals surface area contributed by atoms with Gasteiger partial charge in [-0.3, -0.25) is 10.3 Å². The van der Waals surface area contributed by atoms with E-state index in [1.165, 1.54) is 6.08 Å². The van der Waals surface area contributed by atoms with E-state index in [0.717, 1.165) is 0 Å². The van der Waals surface area contributed by atoms with Crippen LogP contribution in [0, 0.1) is 5.41 Å². The van der Waals surface area contributed by atoms with Gasteiger partial charge in [-0.2, -0.15) is 0 Å². The number of nitrogens with two attached hydrogens (primary N) is 2. The molecule has 1 saturated heterocycles. The van der Waals surface area contributed by atoms with Gasteiger partial charge in [0, 0.05) is 23.9 Å². The Morgan fingerprint density at radius 2 is 2.11 bits per heavy atom. The van der Waals surface area contributed by atoms with E-state index in [4.69, 9.17) is 15.9 Å². The van der Waals surface area contributed by atoms with E-state index >= 15 is 0 Å². The SMILES string of the molecule is C[NH2+]/C=C1\C(=N)C(F)=CC(N)=C1C1NC[C@@H](C)N(C(=O)OC(C)(C)C)[C@H]1C. The van der Waals surface area contributed by atoms with Crippen molar-refractivity contribution in [1.82, 2.24) is 10.2 Å². The number of quaternary nitrogens is 1. The fourth-order valence-electron chi connectivity index (χ4n) is 3.52. The third-order valence-corrected chi connectivity index (χ3v) is 4.67. The molecule has 0 aromatic rings. The lowest BCUT2D eigenvalue weighted by atomic mass is 9.84. The number of hydrogen-bond acceptors (Lipinski definition) is 5. The maximum absolute atomic E-state index is 14.1. The zero-order chi connectivity index (χ0) is 20.5. The molecule has 1 unspecified atom stereocenters. The number of amides is 1. The highest BCUT2D eigenvalue weighted by Gasteiger charge is 2.42. The zero-order valence-electron chi connectivity index (χ0n) is 16.9. The van der Waals surface area contributed by atoms with Crippen LogP contribution in [0.1, 0.15) is 34.6 Å². The van der Waals surface area contributed by atoms with Gasteiger partial charge >= 0.3 is 6.09 Å². The van der Waals surface area contributed by atoms with Gasteiger partial charge in [-0.1, -0.05) is 0 Å². The highest BCUT2D eigenvalue weighted by atomic mass is 19.1. The van der Waals surface area contributed by atoms with Gasteiger partial charge in [0.2, 0.25) is 0 Å². The van der Waals surface area contributed by atoms with E-state index < -0.39 is 17.5 Å². The van der Waals surface area contributed by atoms with Gasteiger partial charge in [0.25, 0.3) is 0 Å². The van der Waals surface area contributed by atoms with Gasteiger partial charge in [0.1, 0.15) is 17.5 Å². The molecule has 0 saturated carbocycles. The molecule has 6 N–H and O–H groups in total. The van der Waals surface area contributed by atoms with Crippen molar-refractivity contribution in [1.29, 1.82) is 5.41 Å². The molecular weight excluding hydrogens is 349 g/mol. The fraction of sp³-hybridized carbons (Fsp3) is 0.579. The summed E-state index contributed by atoms with van der Waals surface area (Å²) in [5.41, 5.74) is 6.66. The minimum atomic E-state index is -0.662. The van der Waals surface area contributed by atoms with Crippen LogP contribution in [-0.4, -0.2) is 54.0 Å². The number of halogens is 1. The van der Waals surface area contributed by atoms with Crippen LogP contribution in [-0.2, 0) is 4.74 Å². The Hall–Kier alpha value is -2.19. The Bertz CT molecular complexity index is 720. The van der Waals surface area contributed by atoms with Gasteiger partial charge in [0.15, 0.2) is 5.83 Å². The molecule has 2 rings (SSSR count). The predicted octanol–water partition coefficient (Wildman–Crippen LogP) is 1.15. The normalized spacial score (nSPS) is 28.5. The topological polar surface area (TPSA) is 108 Å². The Balaban J connectivity index is 2.42. The Labute approximate surface area is 160 Å². The summed E-state index contributed by atoms with van der Waals surface area (Å²) < 4.78 is 19.6. The van der Waals surface area contributed by atoms with Crippen LogP contribution in [0.5, 0.6) is 0 Å². The number of nitrogens with one attached hydrogen (secondary N) is 2. The lowest BCUT2D eigenvalue weighted by molar-refractivity contribution is -0.556. The molecule has 150 valence electrons. The van der Waals surface area contributed by atoms with Crippen LogP contribution in [0.2, 0.25) is 0 Å². The second-order valence-corrected chi connectivity index (χ2v) is 8.01. The molecule has 27 heavy (non-hydrogen) atoms. The van der Waals surface area contributed by atoms with E-state index in [1.54, 1.807) is 23.5 Å². The van der Waals surface area contributed by atoms with E-state index in [9.17, 15) is 9.18 Å². The summed E-state index contributed by atoms with van der Waals surface area (Å²) >= 11 is 0. The Morgan fingerprint density at radius 3 is 2.67 bits per heavy atom. The summed E-state index contributed by atoms with van der Waals surface area (Å²) in [6.45, 7) is 9.87. The molecule has 1 amide bonds. The molecule has 2 aliphatic rings. The van der Waals surface area contributed by atoms with Crippen LogP contribution >= 0.6 is 0 Å². The van der Waals surface area contributed by atoms with E-state index in [2.05, 4.69) is 5.32 Å². The monoisotopic (exact) mass is 380 g/mol. The number of allylic oxidation sites excluding steroid dienone is 2. The minimum absolute atomic E-state index is 0.0755. The summed E-state index contributed by atoms with van der Waals surface area (Å²) in [7, 11) is 1.80.